The number of rotatable bonds is 6. The molecule has 2 fully saturated rings. The Morgan fingerprint density at radius 2 is 1.77 bits per heavy atom. The largest absolute Gasteiger partial charge is 0.348 e. The molecule has 2 aliphatic rings. The zero-order valence-electron chi connectivity index (χ0n) is 18.5. The Kier molecular flexibility index (Phi) is 6.09. The fourth-order valence-electron chi connectivity index (χ4n) is 4.49. The van der Waals surface area contributed by atoms with Crippen molar-refractivity contribution in [2.45, 2.75) is 78.2 Å². The highest BCUT2D eigenvalue weighted by Crippen LogP contribution is 2.40. The molecule has 4 rings (SSSR count). The number of hydrogen-bond donors (Lipinski definition) is 1. The lowest BCUT2D eigenvalue weighted by Gasteiger charge is -2.34. The van der Waals surface area contributed by atoms with Gasteiger partial charge >= 0.3 is 0 Å². The first-order chi connectivity index (χ1) is 14.4. The van der Waals surface area contributed by atoms with E-state index < -0.39 is 0 Å². The van der Waals surface area contributed by atoms with E-state index in [9.17, 15) is 9.59 Å². The lowest BCUT2D eigenvalue weighted by molar-refractivity contribution is -0.136. The molecule has 1 N–H and O–H groups in total. The van der Waals surface area contributed by atoms with Crippen LogP contribution in [0.25, 0.3) is 10.2 Å². The molecule has 1 saturated heterocycles. The molecule has 2 amide bonds. The van der Waals surface area contributed by atoms with Crippen molar-refractivity contribution >= 4 is 33.4 Å². The molecule has 0 atom stereocenters. The maximum absolute atomic E-state index is 13.0. The van der Waals surface area contributed by atoms with Crippen molar-refractivity contribution in [2.75, 3.05) is 13.1 Å². The third-order valence-corrected chi connectivity index (χ3v) is 7.80. The van der Waals surface area contributed by atoms with Gasteiger partial charge in [0.2, 0.25) is 5.91 Å². The number of piperidine rings is 1. The molecule has 1 saturated carbocycles. The summed E-state index contributed by atoms with van der Waals surface area (Å²) in [5.74, 6) is 1.81. The average molecular weight is 429 g/mol. The zero-order valence-corrected chi connectivity index (χ0v) is 19.3. The van der Waals surface area contributed by atoms with Crippen molar-refractivity contribution in [3.63, 3.8) is 0 Å². The van der Waals surface area contributed by atoms with E-state index in [4.69, 9.17) is 9.97 Å². The average Bonchev–Trinajstić information content (AvgIpc) is 3.53. The van der Waals surface area contributed by atoms with Gasteiger partial charge in [-0.25, -0.2) is 9.97 Å². The summed E-state index contributed by atoms with van der Waals surface area (Å²) in [5.41, 5.74) is 1.96. The van der Waals surface area contributed by atoms with Crippen LogP contribution >= 0.6 is 11.3 Å². The fraction of sp³-hybridized carbons (Fsp3) is 0.652. The number of nitrogens with zero attached hydrogens (tertiary/aromatic N) is 3. The van der Waals surface area contributed by atoms with Crippen LogP contribution in [0.2, 0.25) is 0 Å². The molecule has 6 nitrogen and oxygen atoms in total. The molecule has 0 aromatic carbocycles. The highest BCUT2D eigenvalue weighted by atomic mass is 32.1. The van der Waals surface area contributed by atoms with Crippen molar-refractivity contribution in [2.24, 2.45) is 5.92 Å². The first kappa shape index (κ1) is 21.2. The van der Waals surface area contributed by atoms with Gasteiger partial charge in [0, 0.05) is 36.4 Å². The SMILES string of the molecule is CCC(CC)C(=O)N1CCC(NC(=O)c2sc3nc(C4CC4)nc(C)c3c2C)CC1. The standard InChI is InChI=1S/C23H32N4O2S/c1-5-15(6-2)23(29)27-11-9-17(10-12-27)25-21(28)19-13(3)18-14(4)24-20(16-7-8-16)26-22(18)30-19/h15-17H,5-12H2,1-4H3,(H,25,28). The number of hydrogen-bond acceptors (Lipinski definition) is 5. The van der Waals surface area contributed by atoms with Crippen LogP contribution in [0.4, 0.5) is 0 Å². The third-order valence-electron chi connectivity index (χ3n) is 6.61. The Morgan fingerprint density at radius 1 is 1.10 bits per heavy atom. The zero-order chi connectivity index (χ0) is 21.4. The van der Waals surface area contributed by atoms with Crippen LogP contribution in [0.1, 0.15) is 85.0 Å². The molecule has 162 valence electrons. The monoisotopic (exact) mass is 428 g/mol. The molecular weight excluding hydrogens is 396 g/mol. The van der Waals surface area contributed by atoms with Crippen molar-refractivity contribution in [1.82, 2.24) is 20.2 Å². The topological polar surface area (TPSA) is 75.2 Å². The summed E-state index contributed by atoms with van der Waals surface area (Å²) in [6, 6.07) is 0.113. The number of thiophene rings is 1. The maximum atomic E-state index is 13.0. The minimum atomic E-state index is -0.0207. The lowest BCUT2D eigenvalue weighted by Crippen LogP contribution is -2.48. The summed E-state index contributed by atoms with van der Waals surface area (Å²) in [5, 5.41) is 4.24. The predicted octanol–water partition coefficient (Wildman–Crippen LogP) is 4.34. The molecule has 1 aliphatic heterocycles. The lowest BCUT2D eigenvalue weighted by atomic mass is 9.98. The number of amides is 2. The van der Waals surface area contributed by atoms with Gasteiger partial charge in [0.1, 0.15) is 10.7 Å². The summed E-state index contributed by atoms with van der Waals surface area (Å²) in [6.07, 6.45) is 5.74. The van der Waals surface area contributed by atoms with Gasteiger partial charge in [-0.1, -0.05) is 13.8 Å². The van der Waals surface area contributed by atoms with Crippen molar-refractivity contribution in [3.8, 4) is 0 Å². The van der Waals surface area contributed by atoms with E-state index >= 15 is 0 Å². The first-order valence-electron chi connectivity index (χ1n) is 11.3. The third kappa shape index (κ3) is 4.09. The minimum absolute atomic E-state index is 0.0207. The number of carbonyl (C=O) groups is 2. The molecule has 2 aromatic rings. The van der Waals surface area contributed by atoms with E-state index in [-0.39, 0.29) is 23.8 Å². The smallest absolute Gasteiger partial charge is 0.261 e. The quantitative estimate of drug-likeness (QED) is 0.742. The van der Waals surface area contributed by atoms with Crippen LogP contribution in [-0.4, -0.2) is 45.8 Å². The molecule has 3 heterocycles. The molecule has 0 radical (unpaired) electrons. The van der Waals surface area contributed by atoms with Gasteiger partial charge in [-0.3, -0.25) is 9.59 Å². The molecule has 1 aliphatic carbocycles. The number of aryl methyl sites for hydroxylation is 2. The fourth-order valence-corrected chi connectivity index (χ4v) is 5.63. The summed E-state index contributed by atoms with van der Waals surface area (Å²) in [6.45, 7) is 9.61. The van der Waals surface area contributed by atoms with Gasteiger partial charge < -0.3 is 10.2 Å². The second-order valence-electron chi connectivity index (χ2n) is 8.76. The second kappa shape index (κ2) is 8.61. The highest BCUT2D eigenvalue weighted by molar-refractivity contribution is 7.20. The van der Waals surface area contributed by atoms with Gasteiger partial charge in [-0.2, -0.15) is 0 Å². The number of carbonyl (C=O) groups excluding carboxylic acids is 2. The predicted molar refractivity (Wildman–Crippen MR) is 120 cm³/mol. The van der Waals surface area contributed by atoms with Crippen LogP contribution < -0.4 is 5.32 Å². The minimum Gasteiger partial charge on any atom is -0.348 e. The van der Waals surface area contributed by atoms with Gasteiger partial charge in [0.25, 0.3) is 5.91 Å². The summed E-state index contributed by atoms with van der Waals surface area (Å²) in [7, 11) is 0. The van der Waals surface area contributed by atoms with E-state index in [2.05, 4.69) is 19.2 Å². The van der Waals surface area contributed by atoms with Crippen molar-refractivity contribution < 1.29 is 9.59 Å². The van der Waals surface area contributed by atoms with Gasteiger partial charge in [0.05, 0.1) is 10.6 Å². The summed E-state index contributed by atoms with van der Waals surface area (Å²) in [4.78, 5) is 38.7. The number of fused-ring (bicyclic) bond motifs is 1. The van der Waals surface area contributed by atoms with Crippen LogP contribution in [0.5, 0.6) is 0 Å². The molecule has 0 spiro atoms. The first-order valence-corrected chi connectivity index (χ1v) is 12.1. The molecule has 0 unspecified atom stereocenters. The number of likely N-dealkylation sites (tertiary alicyclic amines) is 1. The Bertz CT molecular complexity index is 954. The van der Waals surface area contributed by atoms with E-state index in [1.807, 2.05) is 18.7 Å². The molecule has 30 heavy (non-hydrogen) atoms. The van der Waals surface area contributed by atoms with Crippen LogP contribution in [0.15, 0.2) is 0 Å². The molecule has 2 aromatic heterocycles. The van der Waals surface area contributed by atoms with Crippen molar-refractivity contribution in [3.05, 3.63) is 22.0 Å². The van der Waals surface area contributed by atoms with Gasteiger partial charge in [0.15, 0.2) is 0 Å². The summed E-state index contributed by atoms with van der Waals surface area (Å²) < 4.78 is 0. The normalized spacial score (nSPS) is 17.7. The van der Waals surface area contributed by atoms with E-state index in [0.717, 1.165) is 70.9 Å². The Labute approximate surface area is 182 Å². The molecule has 0 bridgehead atoms. The number of aromatic nitrogens is 2. The maximum Gasteiger partial charge on any atom is 0.261 e. The van der Waals surface area contributed by atoms with E-state index in [1.54, 1.807) is 0 Å². The van der Waals surface area contributed by atoms with Gasteiger partial charge in [-0.05, 0) is 57.9 Å². The van der Waals surface area contributed by atoms with Crippen LogP contribution in [0.3, 0.4) is 0 Å². The number of nitrogens with one attached hydrogen (secondary N) is 1. The van der Waals surface area contributed by atoms with Crippen molar-refractivity contribution in [1.29, 1.82) is 0 Å². The molecular formula is C23H32N4O2S. The van der Waals surface area contributed by atoms with Gasteiger partial charge in [-0.15, -0.1) is 11.3 Å². The highest BCUT2D eigenvalue weighted by Gasteiger charge is 2.30. The Hall–Kier alpha value is -2.02. The Morgan fingerprint density at radius 3 is 2.37 bits per heavy atom. The van der Waals surface area contributed by atoms with Crippen LogP contribution in [-0.2, 0) is 4.79 Å². The van der Waals surface area contributed by atoms with E-state index in [0.29, 0.717) is 5.92 Å². The van der Waals surface area contributed by atoms with Crippen LogP contribution in [0, 0.1) is 19.8 Å². The van der Waals surface area contributed by atoms with E-state index in [1.165, 1.54) is 24.2 Å². The second-order valence-corrected chi connectivity index (χ2v) is 9.76. The summed E-state index contributed by atoms with van der Waals surface area (Å²) >= 11 is 1.48. The Balaban J connectivity index is 1.42. The molecule has 7 heteroatoms.